The average Bonchev–Trinajstić information content (AvgIpc) is 3.38. The molecule has 0 aromatic carbocycles. The lowest BCUT2D eigenvalue weighted by Crippen LogP contribution is -2.67. The highest BCUT2D eigenvalue weighted by Gasteiger charge is 2.78. The van der Waals surface area contributed by atoms with Crippen LogP contribution in [0.3, 0.4) is 0 Å². The second kappa shape index (κ2) is 5.31. The van der Waals surface area contributed by atoms with Crippen LogP contribution in [0.5, 0.6) is 0 Å². The minimum absolute atomic E-state index is 0.329. The molecule has 7 nitrogen and oxygen atoms in total. The molecule has 1 unspecified atom stereocenters. The van der Waals surface area contributed by atoms with E-state index in [4.69, 9.17) is 25.8 Å². The SMILES string of the molecule is CC1([C@@]2(O)[C@H](Br)[C@H](OC(=O)NC(=O)CCl)CC[C@]23CO3)CO1. The lowest BCUT2D eigenvalue weighted by Gasteiger charge is -2.47. The molecule has 5 atom stereocenters. The van der Waals surface area contributed by atoms with Crippen LogP contribution in [0, 0.1) is 0 Å². The van der Waals surface area contributed by atoms with Crippen LogP contribution in [-0.2, 0) is 19.0 Å². The number of amides is 2. The number of hydrogen-bond donors (Lipinski definition) is 2. The summed E-state index contributed by atoms with van der Waals surface area (Å²) >= 11 is 8.78. The van der Waals surface area contributed by atoms with Crippen LogP contribution in [0.1, 0.15) is 19.8 Å². The molecule has 1 aliphatic carbocycles. The maximum absolute atomic E-state index is 11.7. The summed E-state index contributed by atoms with van der Waals surface area (Å²) in [5.41, 5.74) is -2.70. The van der Waals surface area contributed by atoms with Crippen LogP contribution >= 0.6 is 27.5 Å². The van der Waals surface area contributed by atoms with Crippen molar-refractivity contribution in [1.82, 2.24) is 5.32 Å². The molecule has 2 saturated heterocycles. The Balaban J connectivity index is 1.73. The fraction of sp³-hybridized carbons (Fsp3) is 0.846. The maximum atomic E-state index is 11.7. The van der Waals surface area contributed by atoms with Gasteiger partial charge in [0, 0.05) is 0 Å². The fourth-order valence-corrected chi connectivity index (χ4v) is 4.56. The number of nitrogens with one attached hydrogen (secondary N) is 1. The van der Waals surface area contributed by atoms with E-state index in [9.17, 15) is 14.7 Å². The van der Waals surface area contributed by atoms with Gasteiger partial charge < -0.3 is 19.3 Å². The van der Waals surface area contributed by atoms with Crippen molar-refractivity contribution in [2.45, 2.75) is 47.5 Å². The molecular weight excluding hydrogens is 382 g/mol. The van der Waals surface area contributed by atoms with Gasteiger partial charge in [0.05, 0.1) is 18.0 Å². The predicted molar refractivity (Wildman–Crippen MR) is 79.1 cm³/mol. The summed E-state index contributed by atoms with van der Waals surface area (Å²) in [6.45, 7) is 2.68. The lowest BCUT2D eigenvalue weighted by atomic mass is 9.67. The molecule has 0 bridgehead atoms. The molecule has 3 fully saturated rings. The van der Waals surface area contributed by atoms with Crippen molar-refractivity contribution in [3.05, 3.63) is 0 Å². The Morgan fingerprint density at radius 3 is 2.59 bits per heavy atom. The van der Waals surface area contributed by atoms with Crippen LogP contribution in [0.15, 0.2) is 0 Å². The third-order valence-corrected chi connectivity index (χ3v) is 6.25. The first-order valence-corrected chi connectivity index (χ1v) is 8.44. The van der Waals surface area contributed by atoms with Gasteiger partial charge in [-0.1, -0.05) is 15.9 Å². The van der Waals surface area contributed by atoms with Gasteiger partial charge in [-0.05, 0) is 19.8 Å². The molecule has 1 saturated carbocycles. The Labute approximate surface area is 140 Å². The number of alkyl halides is 2. The largest absolute Gasteiger partial charge is 0.445 e. The number of alkyl carbamates (subject to hydrolysis) is 1. The number of carbonyl (C=O) groups excluding carboxylic acids is 2. The molecule has 0 radical (unpaired) electrons. The third-order valence-electron chi connectivity index (χ3n) is 4.75. The van der Waals surface area contributed by atoms with E-state index in [1.807, 2.05) is 12.2 Å². The van der Waals surface area contributed by atoms with Crippen molar-refractivity contribution in [3.8, 4) is 0 Å². The maximum Gasteiger partial charge on any atom is 0.414 e. The lowest BCUT2D eigenvalue weighted by molar-refractivity contribution is -0.134. The highest BCUT2D eigenvalue weighted by Crippen LogP contribution is 2.60. The van der Waals surface area contributed by atoms with E-state index in [1.165, 1.54) is 0 Å². The van der Waals surface area contributed by atoms with Crippen molar-refractivity contribution < 1.29 is 28.9 Å². The topological polar surface area (TPSA) is 101 Å². The summed E-state index contributed by atoms with van der Waals surface area (Å²) in [4.78, 5) is 22.2. The van der Waals surface area contributed by atoms with Gasteiger partial charge in [0.25, 0.3) is 0 Å². The Morgan fingerprint density at radius 2 is 2.09 bits per heavy atom. The number of halogens is 2. The van der Waals surface area contributed by atoms with E-state index in [0.717, 1.165) is 0 Å². The number of aliphatic hydroxyl groups is 1. The first-order chi connectivity index (χ1) is 10.3. The van der Waals surface area contributed by atoms with E-state index in [-0.39, 0.29) is 5.88 Å². The summed E-state index contributed by atoms with van der Waals surface area (Å²) in [5, 5.41) is 13.3. The number of epoxide rings is 2. The molecule has 0 aromatic rings. The Hall–Kier alpha value is -0.410. The van der Waals surface area contributed by atoms with Gasteiger partial charge in [-0.25, -0.2) is 4.79 Å². The van der Waals surface area contributed by atoms with Gasteiger partial charge in [0.1, 0.15) is 28.8 Å². The molecule has 2 amide bonds. The minimum atomic E-state index is -1.31. The first kappa shape index (κ1) is 16.4. The summed E-state index contributed by atoms with van der Waals surface area (Å²) in [7, 11) is 0. The Morgan fingerprint density at radius 1 is 1.45 bits per heavy atom. The van der Waals surface area contributed by atoms with Crippen molar-refractivity contribution >= 4 is 39.5 Å². The molecule has 3 rings (SSSR count). The van der Waals surface area contributed by atoms with Crippen LogP contribution in [0.2, 0.25) is 0 Å². The number of hydrogen-bond acceptors (Lipinski definition) is 6. The summed E-state index contributed by atoms with van der Waals surface area (Å²) in [6.07, 6.45) is -0.427. The highest BCUT2D eigenvalue weighted by atomic mass is 79.9. The molecule has 0 aromatic heterocycles. The summed E-state index contributed by atoms with van der Waals surface area (Å²) < 4.78 is 16.2. The molecule has 9 heteroatoms. The quantitative estimate of drug-likeness (QED) is 0.536. The van der Waals surface area contributed by atoms with Crippen LogP contribution in [0.25, 0.3) is 0 Å². The molecule has 1 spiro atoms. The van der Waals surface area contributed by atoms with Gasteiger partial charge in [0.15, 0.2) is 0 Å². The summed E-state index contributed by atoms with van der Waals surface area (Å²) in [6, 6.07) is 0. The molecular formula is C13H17BrClNO6. The zero-order chi connectivity index (χ0) is 16.2. The number of imide groups is 1. The number of rotatable bonds is 3. The Kier molecular flexibility index (Phi) is 3.97. The molecule has 22 heavy (non-hydrogen) atoms. The monoisotopic (exact) mass is 397 g/mol. The molecule has 124 valence electrons. The molecule has 2 N–H and O–H groups in total. The summed E-state index contributed by atoms with van der Waals surface area (Å²) in [5.74, 6) is -0.965. The molecule has 2 aliphatic heterocycles. The van der Waals surface area contributed by atoms with Gasteiger partial charge in [-0.3, -0.25) is 10.1 Å². The van der Waals surface area contributed by atoms with Crippen LogP contribution in [-0.4, -0.2) is 63.9 Å². The third kappa shape index (κ3) is 2.36. The zero-order valence-corrected chi connectivity index (χ0v) is 14.3. The average molecular weight is 399 g/mol. The van der Waals surface area contributed by atoms with Gasteiger partial charge in [0.2, 0.25) is 5.91 Å². The van der Waals surface area contributed by atoms with Crippen molar-refractivity contribution in [1.29, 1.82) is 0 Å². The zero-order valence-electron chi connectivity index (χ0n) is 11.9. The standard InChI is InChI=1S/C13H17BrClNO6/c1-11(5-20-11)13(19)9(14)7(2-3-12(13)6-21-12)22-10(18)16-8(17)4-15/h7,9,19H,2-6H2,1H3,(H,16,17,18)/t7-,9-,11?,12+,13+/m1/s1. The van der Waals surface area contributed by atoms with E-state index in [2.05, 4.69) is 15.9 Å². The second-order valence-electron chi connectivity index (χ2n) is 6.13. The molecule has 2 heterocycles. The normalized spacial score (nSPS) is 46.2. The van der Waals surface area contributed by atoms with Gasteiger partial charge in [-0.15, -0.1) is 11.6 Å². The van der Waals surface area contributed by atoms with Crippen molar-refractivity contribution in [2.24, 2.45) is 0 Å². The number of carbonyl (C=O) groups is 2. The second-order valence-corrected chi connectivity index (χ2v) is 7.39. The van der Waals surface area contributed by atoms with E-state index in [1.54, 1.807) is 0 Å². The van der Waals surface area contributed by atoms with Gasteiger partial charge >= 0.3 is 6.09 Å². The van der Waals surface area contributed by atoms with Crippen LogP contribution < -0.4 is 5.32 Å². The predicted octanol–water partition coefficient (Wildman–Crippen LogP) is 0.693. The Bertz CT molecular complexity index is 509. The van der Waals surface area contributed by atoms with Crippen LogP contribution in [0.4, 0.5) is 4.79 Å². The van der Waals surface area contributed by atoms with E-state index >= 15 is 0 Å². The minimum Gasteiger partial charge on any atom is -0.445 e. The molecule has 3 aliphatic rings. The van der Waals surface area contributed by atoms with E-state index in [0.29, 0.717) is 26.1 Å². The van der Waals surface area contributed by atoms with E-state index < -0.39 is 39.7 Å². The van der Waals surface area contributed by atoms with Gasteiger partial charge in [-0.2, -0.15) is 0 Å². The van der Waals surface area contributed by atoms with Crippen molar-refractivity contribution in [3.63, 3.8) is 0 Å². The number of ether oxygens (including phenoxy) is 3. The fourth-order valence-electron chi connectivity index (χ4n) is 3.22. The first-order valence-electron chi connectivity index (χ1n) is 6.99. The highest BCUT2D eigenvalue weighted by molar-refractivity contribution is 9.09. The smallest absolute Gasteiger partial charge is 0.414 e. The van der Waals surface area contributed by atoms with Crippen molar-refractivity contribution in [2.75, 3.05) is 19.1 Å².